The van der Waals surface area contributed by atoms with Gasteiger partial charge in [0.15, 0.2) is 0 Å². The Morgan fingerprint density at radius 2 is 2.03 bits per heavy atom. The average molecular weight is 426 g/mol. The van der Waals surface area contributed by atoms with Crippen molar-refractivity contribution in [1.29, 1.82) is 0 Å². The summed E-state index contributed by atoms with van der Waals surface area (Å²) in [7, 11) is -3.15. The lowest BCUT2D eigenvalue weighted by atomic mass is 10.1. The summed E-state index contributed by atoms with van der Waals surface area (Å²) in [5, 5.41) is 4.81. The number of rotatable bonds is 7. The van der Waals surface area contributed by atoms with Gasteiger partial charge in [0.2, 0.25) is 13.3 Å². The predicted octanol–water partition coefficient (Wildman–Crippen LogP) is 5.44. The lowest BCUT2D eigenvalue weighted by Gasteiger charge is -2.09. The van der Waals surface area contributed by atoms with Crippen LogP contribution in [0.1, 0.15) is 18.1 Å². The van der Waals surface area contributed by atoms with Crippen LogP contribution in [0.25, 0.3) is 16.5 Å². The summed E-state index contributed by atoms with van der Waals surface area (Å²) >= 11 is 1.62. The maximum Gasteiger partial charge on any atom is 0.248 e. The third-order valence-electron chi connectivity index (χ3n) is 4.42. The van der Waals surface area contributed by atoms with E-state index in [1.165, 1.54) is 6.08 Å². The molecular formula is C22H23N2O3PS. The van der Waals surface area contributed by atoms with Crippen molar-refractivity contribution < 1.29 is 14.3 Å². The molecule has 5 nitrogen and oxygen atoms in total. The van der Waals surface area contributed by atoms with E-state index in [0.717, 1.165) is 21.6 Å². The maximum atomic E-state index is 12.4. The number of benzene rings is 2. The van der Waals surface area contributed by atoms with Crippen LogP contribution in [0.4, 0.5) is 11.4 Å². The van der Waals surface area contributed by atoms with Gasteiger partial charge in [-0.25, -0.2) is 0 Å². The molecule has 0 saturated carbocycles. The molecule has 2 aromatic carbocycles. The largest absolute Gasteiger partial charge is 0.397 e. The predicted molar refractivity (Wildman–Crippen MR) is 122 cm³/mol. The van der Waals surface area contributed by atoms with Crippen molar-refractivity contribution in [2.75, 3.05) is 17.2 Å². The van der Waals surface area contributed by atoms with Gasteiger partial charge in [0.1, 0.15) is 0 Å². The van der Waals surface area contributed by atoms with E-state index >= 15 is 0 Å². The van der Waals surface area contributed by atoms with E-state index in [9.17, 15) is 14.3 Å². The smallest absolute Gasteiger partial charge is 0.248 e. The number of nitrogen functional groups attached to an aromatic ring is 1. The van der Waals surface area contributed by atoms with Crippen molar-refractivity contribution in [1.82, 2.24) is 0 Å². The number of carbonyl (C=O) groups excluding carboxylic acids is 1. The van der Waals surface area contributed by atoms with Gasteiger partial charge < -0.3 is 15.9 Å². The van der Waals surface area contributed by atoms with Gasteiger partial charge in [-0.15, -0.1) is 11.3 Å². The summed E-state index contributed by atoms with van der Waals surface area (Å²) in [4.78, 5) is 23.3. The van der Waals surface area contributed by atoms with E-state index in [4.69, 9.17) is 5.73 Å². The topological polar surface area (TPSA) is 92.4 Å². The molecule has 0 saturated heterocycles. The highest BCUT2D eigenvalue weighted by molar-refractivity contribution is 7.57. The van der Waals surface area contributed by atoms with Crippen LogP contribution in [0.15, 0.2) is 66.1 Å². The number of nitrogens with two attached hydrogens (primary N) is 1. The minimum Gasteiger partial charge on any atom is -0.397 e. The second-order valence-corrected chi connectivity index (χ2v) is 10.3. The van der Waals surface area contributed by atoms with Gasteiger partial charge in [-0.2, -0.15) is 0 Å². The number of amides is 1. The average Bonchev–Trinajstić information content (AvgIpc) is 3.23. The number of hydrogen-bond donors (Lipinski definition) is 3. The Kier molecular flexibility index (Phi) is 6.70. The second-order valence-electron chi connectivity index (χ2n) is 6.67. The van der Waals surface area contributed by atoms with Crippen molar-refractivity contribution >= 4 is 42.1 Å². The van der Waals surface area contributed by atoms with E-state index in [1.54, 1.807) is 30.4 Å². The molecule has 7 heteroatoms. The highest BCUT2D eigenvalue weighted by Crippen LogP contribution is 2.43. The molecule has 0 fully saturated rings. The Bertz CT molecular complexity index is 1080. The van der Waals surface area contributed by atoms with E-state index in [2.05, 4.69) is 5.32 Å². The summed E-state index contributed by atoms with van der Waals surface area (Å²) in [6, 6.07) is 16.8. The van der Waals surface area contributed by atoms with Gasteiger partial charge in [0, 0.05) is 23.3 Å². The minimum atomic E-state index is -3.15. The van der Waals surface area contributed by atoms with Gasteiger partial charge in [-0.1, -0.05) is 43.3 Å². The van der Waals surface area contributed by atoms with Crippen LogP contribution in [0, 0.1) is 0 Å². The minimum absolute atomic E-state index is 0.128. The zero-order valence-electron chi connectivity index (χ0n) is 16.0. The summed E-state index contributed by atoms with van der Waals surface area (Å²) in [5.74, 6) is -0.299. The summed E-state index contributed by atoms with van der Waals surface area (Å²) < 4.78 is 11.9. The first-order chi connectivity index (χ1) is 13.9. The fourth-order valence-electron chi connectivity index (χ4n) is 2.80. The zero-order chi connectivity index (χ0) is 20.9. The van der Waals surface area contributed by atoms with Crippen LogP contribution in [0.3, 0.4) is 0 Å². The zero-order valence-corrected chi connectivity index (χ0v) is 17.7. The molecule has 3 aromatic rings. The van der Waals surface area contributed by atoms with E-state index in [0.29, 0.717) is 11.4 Å². The number of anilines is 2. The second kappa shape index (κ2) is 9.23. The standard InChI is InChI=1S/C22H23N2O3PS/c1-2-28(26,27)15-17-6-3-5-16(13-17)8-11-22(25)24-20-14-18(9-10-19(20)23)21-7-4-12-29-21/h3-14H,2,15,23H2,1H3,(H,24,25)(H,26,27). The number of thiophene rings is 1. The van der Waals surface area contributed by atoms with Crippen LogP contribution >= 0.6 is 18.7 Å². The number of hydrogen-bond acceptors (Lipinski definition) is 4. The van der Waals surface area contributed by atoms with E-state index in [1.807, 2.05) is 53.9 Å². The molecule has 0 radical (unpaired) electrons. The molecule has 0 aliphatic rings. The van der Waals surface area contributed by atoms with Crippen molar-refractivity contribution in [2.24, 2.45) is 0 Å². The summed E-state index contributed by atoms with van der Waals surface area (Å²) in [6.07, 6.45) is 3.46. The van der Waals surface area contributed by atoms with Crippen LogP contribution < -0.4 is 11.1 Å². The SMILES string of the molecule is CCP(=O)(O)Cc1cccc(C=CC(=O)Nc2cc(-c3cccs3)ccc2N)c1. The van der Waals surface area contributed by atoms with Crippen molar-refractivity contribution in [3.8, 4) is 10.4 Å². The van der Waals surface area contributed by atoms with Gasteiger partial charge in [-0.3, -0.25) is 9.36 Å². The maximum absolute atomic E-state index is 12.4. The van der Waals surface area contributed by atoms with Gasteiger partial charge in [0.25, 0.3) is 0 Å². The number of nitrogens with one attached hydrogen (secondary N) is 1. The fourth-order valence-corrected chi connectivity index (χ4v) is 4.51. The molecule has 4 N–H and O–H groups in total. The lowest BCUT2D eigenvalue weighted by molar-refractivity contribution is -0.111. The number of carbonyl (C=O) groups is 1. The molecule has 1 aromatic heterocycles. The molecule has 1 unspecified atom stereocenters. The highest BCUT2D eigenvalue weighted by Gasteiger charge is 2.15. The van der Waals surface area contributed by atoms with Gasteiger partial charge in [-0.05, 0) is 46.3 Å². The monoisotopic (exact) mass is 426 g/mol. The van der Waals surface area contributed by atoms with Crippen molar-refractivity contribution in [2.45, 2.75) is 13.1 Å². The van der Waals surface area contributed by atoms with Gasteiger partial charge in [0.05, 0.1) is 11.4 Å². The molecule has 0 spiro atoms. The summed E-state index contributed by atoms with van der Waals surface area (Å²) in [5.41, 5.74) is 9.61. The fraction of sp³-hybridized carbons (Fsp3) is 0.136. The van der Waals surface area contributed by atoms with Crippen LogP contribution in [-0.2, 0) is 15.5 Å². The highest BCUT2D eigenvalue weighted by atomic mass is 32.1. The normalized spacial score (nSPS) is 13.3. The first-order valence-electron chi connectivity index (χ1n) is 9.18. The van der Waals surface area contributed by atoms with Gasteiger partial charge >= 0.3 is 0 Å². The Morgan fingerprint density at radius 3 is 2.76 bits per heavy atom. The van der Waals surface area contributed by atoms with Crippen LogP contribution in [0.5, 0.6) is 0 Å². The lowest BCUT2D eigenvalue weighted by Crippen LogP contribution is -2.09. The van der Waals surface area contributed by atoms with Crippen LogP contribution in [-0.4, -0.2) is 17.0 Å². The molecule has 3 rings (SSSR count). The molecule has 1 atom stereocenters. The van der Waals surface area contributed by atoms with E-state index < -0.39 is 7.37 Å². The first kappa shape index (κ1) is 21.1. The third-order valence-corrected chi connectivity index (χ3v) is 7.19. The Hall–Kier alpha value is -2.66. The first-order valence-corrected chi connectivity index (χ1v) is 12.1. The molecule has 29 heavy (non-hydrogen) atoms. The van der Waals surface area contributed by atoms with E-state index in [-0.39, 0.29) is 18.2 Å². The molecule has 1 amide bonds. The van der Waals surface area contributed by atoms with Crippen molar-refractivity contribution in [3.63, 3.8) is 0 Å². The quantitative estimate of drug-likeness (QED) is 0.266. The third kappa shape index (κ3) is 5.91. The Morgan fingerprint density at radius 1 is 1.21 bits per heavy atom. The Labute approximate surface area is 174 Å². The Balaban J connectivity index is 1.70. The van der Waals surface area contributed by atoms with Crippen molar-refractivity contribution in [3.05, 3.63) is 77.2 Å². The summed E-state index contributed by atoms with van der Waals surface area (Å²) in [6.45, 7) is 1.70. The molecule has 0 aliphatic carbocycles. The molecular weight excluding hydrogens is 403 g/mol. The molecule has 150 valence electrons. The molecule has 0 aliphatic heterocycles. The van der Waals surface area contributed by atoms with Crippen LogP contribution in [0.2, 0.25) is 0 Å². The molecule has 0 bridgehead atoms. The molecule has 1 heterocycles.